The highest BCUT2D eigenvalue weighted by molar-refractivity contribution is 6.11. The van der Waals surface area contributed by atoms with Crippen molar-refractivity contribution >= 4 is 11.9 Å². The van der Waals surface area contributed by atoms with E-state index in [-0.39, 0.29) is 46.5 Å². The number of benzene rings is 2. The first-order chi connectivity index (χ1) is 18.5. The van der Waals surface area contributed by atoms with Crippen LogP contribution in [0.15, 0.2) is 59.7 Å². The van der Waals surface area contributed by atoms with Gasteiger partial charge in [-0.1, -0.05) is 87.4 Å². The summed E-state index contributed by atoms with van der Waals surface area (Å²) < 4.78 is 0. The molecule has 4 nitrogen and oxygen atoms in total. The summed E-state index contributed by atoms with van der Waals surface area (Å²) in [7, 11) is 0. The molecule has 4 rings (SSSR count). The molecule has 0 saturated carbocycles. The van der Waals surface area contributed by atoms with Crippen LogP contribution in [0.2, 0.25) is 0 Å². The first kappa shape index (κ1) is 28.7. The molecule has 0 spiro atoms. The maximum Gasteiger partial charge on any atom is 0.193 e. The van der Waals surface area contributed by atoms with Gasteiger partial charge in [0, 0.05) is 23.0 Å². The summed E-state index contributed by atoms with van der Waals surface area (Å²) in [6.45, 7) is 12.8. The quantitative estimate of drug-likeness (QED) is 0.190. The van der Waals surface area contributed by atoms with E-state index >= 15 is 0 Å². The number of phenols is 3. The van der Waals surface area contributed by atoms with Gasteiger partial charge in [-0.15, -0.1) is 0 Å². The summed E-state index contributed by atoms with van der Waals surface area (Å²) in [6, 6.07) is 9.48. The van der Waals surface area contributed by atoms with E-state index in [1.54, 1.807) is 6.08 Å². The zero-order chi connectivity index (χ0) is 28.4. The standard InChI is InChI=1S/C35H44O4/c1-20(2)25-15-12-22(5)18-27(25)30-33(37)31(28-19-23(6)13-16-26(28)21(3)4)35(39)32(34(30)38)29(36)17-14-24-10-8-7-9-11-24/h7-11,14,17-21,25-28,37-39H,12-13,15-16H2,1-6H3/b17-14+/t25-,26-,27+,28+/m1/s1. The van der Waals surface area contributed by atoms with Gasteiger partial charge in [0.2, 0.25) is 0 Å². The molecule has 0 saturated heterocycles. The molecular formula is C35H44O4. The first-order valence-electron chi connectivity index (χ1n) is 14.4. The van der Waals surface area contributed by atoms with Gasteiger partial charge in [0.25, 0.3) is 0 Å². The first-order valence-corrected chi connectivity index (χ1v) is 14.4. The zero-order valence-corrected chi connectivity index (χ0v) is 24.2. The summed E-state index contributed by atoms with van der Waals surface area (Å²) in [4.78, 5) is 13.7. The van der Waals surface area contributed by atoms with Crippen molar-refractivity contribution in [2.45, 2.75) is 79.1 Å². The number of ketones is 1. The van der Waals surface area contributed by atoms with Crippen LogP contribution in [0, 0.1) is 23.7 Å². The molecule has 0 aromatic heterocycles. The average molecular weight is 529 g/mol. The van der Waals surface area contributed by atoms with E-state index < -0.39 is 5.78 Å². The highest BCUT2D eigenvalue weighted by Crippen LogP contribution is 2.56. The minimum absolute atomic E-state index is 0.0724. The Morgan fingerprint density at radius 1 is 0.769 bits per heavy atom. The molecule has 39 heavy (non-hydrogen) atoms. The van der Waals surface area contributed by atoms with E-state index in [0.29, 0.717) is 23.0 Å². The minimum atomic E-state index is -0.480. The van der Waals surface area contributed by atoms with Crippen molar-refractivity contribution in [1.82, 2.24) is 0 Å². The fraction of sp³-hybridized carbons (Fsp3) is 0.457. The van der Waals surface area contributed by atoms with Gasteiger partial charge < -0.3 is 15.3 Å². The second-order valence-electron chi connectivity index (χ2n) is 12.3. The molecule has 2 aromatic carbocycles. The molecule has 0 unspecified atom stereocenters. The van der Waals surface area contributed by atoms with Gasteiger partial charge in [-0.2, -0.15) is 0 Å². The second kappa shape index (κ2) is 11.9. The maximum absolute atomic E-state index is 13.7. The van der Waals surface area contributed by atoms with Crippen LogP contribution in [0.4, 0.5) is 0 Å². The lowest BCUT2D eigenvalue weighted by Crippen LogP contribution is -2.24. The largest absolute Gasteiger partial charge is 0.507 e. The van der Waals surface area contributed by atoms with E-state index in [4.69, 9.17) is 0 Å². The molecule has 208 valence electrons. The second-order valence-corrected chi connectivity index (χ2v) is 12.3. The summed E-state index contributed by atoms with van der Waals surface area (Å²) in [5.74, 6) is -0.677. The Labute approximate surface area is 233 Å². The number of phenolic OH excluding ortho intramolecular Hbond substituents is 3. The normalized spacial score (nSPS) is 23.8. The fourth-order valence-electron chi connectivity index (χ4n) is 6.70. The third kappa shape index (κ3) is 5.85. The van der Waals surface area contributed by atoms with Crippen LogP contribution in [-0.4, -0.2) is 21.1 Å². The van der Waals surface area contributed by atoms with E-state index in [1.807, 2.05) is 30.3 Å². The van der Waals surface area contributed by atoms with Gasteiger partial charge >= 0.3 is 0 Å². The van der Waals surface area contributed by atoms with Crippen molar-refractivity contribution in [3.63, 3.8) is 0 Å². The predicted octanol–water partition coefficient (Wildman–Crippen LogP) is 8.89. The molecule has 2 aromatic rings. The maximum atomic E-state index is 13.7. The van der Waals surface area contributed by atoms with Crippen LogP contribution < -0.4 is 0 Å². The SMILES string of the molecule is CC1=C[C@H](c2c(O)c(C(=O)/C=C/c3ccccc3)c(O)c([C@H]3C=C(C)CC[C@@H]3C(C)C)c2O)[C@@H](C(C)C)CC1. The van der Waals surface area contributed by atoms with Crippen molar-refractivity contribution in [1.29, 1.82) is 0 Å². The van der Waals surface area contributed by atoms with Crippen LogP contribution in [0.25, 0.3) is 6.08 Å². The van der Waals surface area contributed by atoms with E-state index in [0.717, 1.165) is 31.2 Å². The molecule has 0 fully saturated rings. The van der Waals surface area contributed by atoms with E-state index in [9.17, 15) is 20.1 Å². The van der Waals surface area contributed by atoms with Gasteiger partial charge in [0.1, 0.15) is 22.8 Å². The highest BCUT2D eigenvalue weighted by Gasteiger charge is 2.39. The molecule has 4 heteroatoms. The number of hydrogen-bond acceptors (Lipinski definition) is 4. The minimum Gasteiger partial charge on any atom is -0.507 e. The summed E-state index contributed by atoms with van der Waals surface area (Å²) in [5, 5.41) is 35.3. The highest BCUT2D eigenvalue weighted by atomic mass is 16.3. The Kier molecular flexibility index (Phi) is 8.73. The molecule has 0 bridgehead atoms. The average Bonchev–Trinajstić information content (AvgIpc) is 2.88. The summed E-state index contributed by atoms with van der Waals surface area (Å²) in [5.41, 5.74) is 3.88. The zero-order valence-electron chi connectivity index (χ0n) is 24.2. The number of carbonyl (C=O) groups excluding carboxylic acids is 1. The monoisotopic (exact) mass is 528 g/mol. The molecule has 0 radical (unpaired) electrons. The van der Waals surface area contributed by atoms with Crippen LogP contribution in [0.1, 0.15) is 106 Å². The van der Waals surface area contributed by atoms with Crippen LogP contribution in [0.3, 0.4) is 0 Å². The molecule has 4 atom stereocenters. The Morgan fingerprint density at radius 3 is 1.67 bits per heavy atom. The van der Waals surface area contributed by atoms with Gasteiger partial charge in [-0.3, -0.25) is 4.79 Å². The van der Waals surface area contributed by atoms with E-state index in [2.05, 4.69) is 53.7 Å². The van der Waals surface area contributed by atoms with Crippen molar-refractivity contribution in [3.05, 3.63) is 82.0 Å². The molecular weight excluding hydrogens is 484 g/mol. The number of carbonyl (C=O) groups is 1. The van der Waals surface area contributed by atoms with Crippen LogP contribution in [0.5, 0.6) is 17.2 Å². The van der Waals surface area contributed by atoms with Gasteiger partial charge in [-0.25, -0.2) is 0 Å². The van der Waals surface area contributed by atoms with Crippen molar-refractivity contribution < 1.29 is 20.1 Å². The van der Waals surface area contributed by atoms with Gasteiger partial charge in [0.05, 0.1) is 0 Å². The predicted molar refractivity (Wildman–Crippen MR) is 159 cm³/mol. The van der Waals surface area contributed by atoms with E-state index in [1.165, 1.54) is 17.2 Å². The Hall–Kier alpha value is -3.27. The van der Waals surface area contributed by atoms with Crippen LogP contribution >= 0.6 is 0 Å². The van der Waals surface area contributed by atoms with Crippen molar-refractivity contribution in [2.75, 3.05) is 0 Å². The lowest BCUT2D eigenvalue weighted by Gasteiger charge is -2.37. The van der Waals surface area contributed by atoms with Crippen molar-refractivity contribution in [2.24, 2.45) is 23.7 Å². The molecule has 3 N–H and O–H groups in total. The molecule has 2 aliphatic carbocycles. The number of rotatable bonds is 7. The number of hydrogen-bond donors (Lipinski definition) is 3. The molecule has 2 aliphatic rings. The van der Waals surface area contributed by atoms with Gasteiger partial charge in [0.15, 0.2) is 5.78 Å². The third-order valence-electron chi connectivity index (χ3n) is 8.94. The Balaban J connectivity index is 1.98. The molecule has 0 heterocycles. The van der Waals surface area contributed by atoms with Gasteiger partial charge in [-0.05, 0) is 74.8 Å². The Morgan fingerprint density at radius 2 is 1.23 bits per heavy atom. The topological polar surface area (TPSA) is 77.8 Å². The third-order valence-corrected chi connectivity index (χ3v) is 8.94. The van der Waals surface area contributed by atoms with Crippen LogP contribution in [-0.2, 0) is 0 Å². The lowest BCUT2D eigenvalue weighted by atomic mass is 9.68. The fourth-order valence-corrected chi connectivity index (χ4v) is 6.70. The molecule has 0 amide bonds. The summed E-state index contributed by atoms with van der Waals surface area (Å²) in [6.07, 6.45) is 11.2. The summed E-state index contributed by atoms with van der Waals surface area (Å²) >= 11 is 0. The number of allylic oxidation sites excluding steroid dienone is 5. The van der Waals surface area contributed by atoms with Crippen molar-refractivity contribution in [3.8, 4) is 17.2 Å². The molecule has 0 aliphatic heterocycles. The smallest absolute Gasteiger partial charge is 0.193 e. The number of aromatic hydroxyl groups is 3. The Bertz CT molecular complexity index is 1230. The lowest BCUT2D eigenvalue weighted by molar-refractivity contribution is 0.104.